The van der Waals surface area contributed by atoms with E-state index in [2.05, 4.69) is 15.5 Å². The molecule has 4 amide bonds. The molecule has 1 aromatic carbocycles. The summed E-state index contributed by atoms with van der Waals surface area (Å²) in [5, 5.41) is 10.6. The minimum atomic E-state index is -1.22. The third-order valence-corrected chi connectivity index (χ3v) is 5.29. The van der Waals surface area contributed by atoms with E-state index < -0.39 is 23.4 Å². The van der Waals surface area contributed by atoms with E-state index in [1.807, 2.05) is 13.0 Å². The molecule has 3 aromatic rings. The molecule has 10 heteroatoms. The molecule has 4 rings (SSSR count). The maximum atomic E-state index is 13.1. The first-order chi connectivity index (χ1) is 15.4. The third-order valence-electron chi connectivity index (χ3n) is 5.29. The second-order valence-electron chi connectivity index (χ2n) is 7.61. The van der Waals surface area contributed by atoms with E-state index in [0.29, 0.717) is 24.3 Å². The van der Waals surface area contributed by atoms with Gasteiger partial charge in [-0.1, -0.05) is 37.3 Å². The molecule has 1 aliphatic rings. The lowest BCUT2D eigenvalue weighted by Gasteiger charge is -2.24. The molecule has 32 heavy (non-hydrogen) atoms. The van der Waals surface area contributed by atoms with Crippen LogP contribution in [0, 0.1) is 0 Å². The zero-order chi connectivity index (χ0) is 22.7. The summed E-state index contributed by atoms with van der Waals surface area (Å²) in [6.07, 6.45) is 2.17. The van der Waals surface area contributed by atoms with Crippen molar-refractivity contribution < 1.29 is 23.2 Å². The van der Waals surface area contributed by atoms with E-state index in [4.69, 9.17) is 8.83 Å². The fourth-order valence-electron chi connectivity index (χ4n) is 3.59. The number of benzene rings is 1. The van der Waals surface area contributed by atoms with Crippen LogP contribution in [0.15, 0.2) is 57.6 Å². The minimum absolute atomic E-state index is 0.0555. The lowest BCUT2D eigenvalue weighted by atomic mass is 9.92. The molecule has 0 unspecified atom stereocenters. The highest BCUT2D eigenvalue weighted by Gasteiger charge is 2.49. The van der Waals surface area contributed by atoms with Crippen molar-refractivity contribution in [1.82, 2.24) is 25.3 Å². The number of furan rings is 1. The number of carbonyl (C=O) groups is 3. The standard InChI is InChI=1S/C22H23N5O5/c1-3-11-26(13-17-24-25-19(32-17)16-10-7-12-31-16)18(28)14-27-20(29)22(2,23-21(27)30)15-8-5-4-6-9-15/h4-10,12H,3,11,13-14H2,1-2H3,(H,23,30)/t22-/m0/s1. The summed E-state index contributed by atoms with van der Waals surface area (Å²) >= 11 is 0. The van der Waals surface area contributed by atoms with Crippen LogP contribution in [-0.2, 0) is 21.7 Å². The first-order valence-corrected chi connectivity index (χ1v) is 10.3. The summed E-state index contributed by atoms with van der Waals surface area (Å²) < 4.78 is 10.8. The zero-order valence-corrected chi connectivity index (χ0v) is 17.8. The average molecular weight is 437 g/mol. The summed E-state index contributed by atoms with van der Waals surface area (Å²) in [4.78, 5) is 41.1. The van der Waals surface area contributed by atoms with Gasteiger partial charge in [-0.25, -0.2) is 4.79 Å². The van der Waals surface area contributed by atoms with Gasteiger partial charge in [-0.05, 0) is 31.0 Å². The van der Waals surface area contributed by atoms with Gasteiger partial charge in [-0.15, -0.1) is 10.2 Å². The number of nitrogens with zero attached hydrogens (tertiary/aromatic N) is 4. The second kappa shape index (κ2) is 8.66. The Morgan fingerprint density at radius 2 is 1.94 bits per heavy atom. The Hall–Kier alpha value is -3.95. The summed E-state index contributed by atoms with van der Waals surface area (Å²) in [5.41, 5.74) is -0.575. The highest BCUT2D eigenvalue weighted by molar-refractivity contribution is 6.09. The Morgan fingerprint density at radius 1 is 1.16 bits per heavy atom. The van der Waals surface area contributed by atoms with E-state index in [0.717, 1.165) is 4.90 Å². The molecule has 0 aliphatic carbocycles. The fourth-order valence-corrected chi connectivity index (χ4v) is 3.59. The van der Waals surface area contributed by atoms with Gasteiger partial charge in [0, 0.05) is 6.54 Å². The van der Waals surface area contributed by atoms with E-state index >= 15 is 0 Å². The molecule has 0 saturated carbocycles. The Morgan fingerprint density at radius 3 is 2.62 bits per heavy atom. The lowest BCUT2D eigenvalue weighted by molar-refractivity contribution is -0.139. The van der Waals surface area contributed by atoms with Crippen LogP contribution < -0.4 is 5.32 Å². The summed E-state index contributed by atoms with van der Waals surface area (Å²) in [6.45, 7) is 3.62. The second-order valence-corrected chi connectivity index (χ2v) is 7.61. The number of carbonyl (C=O) groups excluding carboxylic acids is 3. The highest BCUT2D eigenvalue weighted by atomic mass is 16.4. The van der Waals surface area contributed by atoms with E-state index in [1.165, 1.54) is 11.2 Å². The lowest BCUT2D eigenvalue weighted by Crippen LogP contribution is -2.44. The normalized spacial score (nSPS) is 18.1. The van der Waals surface area contributed by atoms with Crippen molar-refractivity contribution in [2.45, 2.75) is 32.4 Å². The maximum Gasteiger partial charge on any atom is 0.325 e. The molecule has 1 atom stereocenters. The van der Waals surface area contributed by atoms with Gasteiger partial charge >= 0.3 is 6.03 Å². The Balaban J connectivity index is 1.47. The first kappa shape index (κ1) is 21.3. The van der Waals surface area contributed by atoms with Gasteiger partial charge in [-0.2, -0.15) is 0 Å². The van der Waals surface area contributed by atoms with Crippen molar-refractivity contribution >= 4 is 17.8 Å². The molecule has 3 heterocycles. The van der Waals surface area contributed by atoms with Gasteiger partial charge in [-0.3, -0.25) is 14.5 Å². The third kappa shape index (κ3) is 3.98. The molecular formula is C22H23N5O5. The smallest absolute Gasteiger partial charge is 0.325 e. The van der Waals surface area contributed by atoms with Gasteiger partial charge < -0.3 is 19.1 Å². The molecule has 1 saturated heterocycles. The maximum absolute atomic E-state index is 13.1. The van der Waals surface area contributed by atoms with E-state index in [-0.39, 0.29) is 24.9 Å². The van der Waals surface area contributed by atoms with Gasteiger partial charge in [0.05, 0.1) is 12.8 Å². The molecule has 1 N–H and O–H groups in total. The Kier molecular flexibility index (Phi) is 5.76. The molecule has 0 spiro atoms. The van der Waals surface area contributed by atoms with Gasteiger partial charge in [0.1, 0.15) is 12.1 Å². The summed E-state index contributed by atoms with van der Waals surface area (Å²) in [7, 11) is 0. The number of imide groups is 1. The zero-order valence-electron chi connectivity index (χ0n) is 17.8. The van der Waals surface area contributed by atoms with Crippen molar-refractivity contribution in [3.63, 3.8) is 0 Å². The van der Waals surface area contributed by atoms with Crippen LogP contribution in [0.2, 0.25) is 0 Å². The quantitative estimate of drug-likeness (QED) is 0.537. The van der Waals surface area contributed by atoms with E-state index in [9.17, 15) is 14.4 Å². The van der Waals surface area contributed by atoms with Gasteiger partial charge in [0.2, 0.25) is 11.8 Å². The van der Waals surface area contributed by atoms with Gasteiger partial charge in [0.15, 0.2) is 5.76 Å². The number of amides is 4. The Labute approximate surface area is 184 Å². The number of rotatable bonds is 8. The predicted molar refractivity (Wildman–Crippen MR) is 112 cm³/mol. The average Bonchev–Trinajstić information content (AvgIpc) is 3.52. The number of aromatic nitrogens is 2. The molecular weight excluding hydrogens is 414 g/mol. The number of urea groups is 1. The molecule has 166 valence electrons. The SMILES string of the molecule is CCCN(Cc1nnc(-c2ccco2)o1)C(=O)CN1C(=O)N[C@@](C)(c2ccccc2)C1=O. The van der Waals surface area contributed by atoms with Crippen LogP contribution in [0.3, 0.4) is 0 Å². The van der Waals surface area contributed by atoms with E-state index in [1.54, 1.807) is 43.3 Å². The first-order valence-electron chi connectivity index (χ1n) is 10.3. The van der Waals surface area contributed by atoms with Crippen molar-refractivity contribution in [2.24, 2.45) is 0 Å². The highest BCUT2D eigenvalue weighted by Crippen LogP contribution is 2.28. The van der Waals surface area contributed by atoms with Crippen molar-refractivity contribution in [2.75, 3.05) is 13.1 Å². The summed E-state index contributed by atoms with van der Waals surface area (Å²) in [6, 6.07) is 11.7. The van der Waals surface area contributed by atoms with Crippen LogP contribution in [0.25, 0.3) is 11.7 Å². The molecule has 0 radical (unpaired) electrons. The topological polar surface area (TPSA) is 122 Å². The predicted octanol–water partition coefficient (Wildman–Crippen LogP) is 2.54. The minimum Gasteiger partial charge on any atom is -0.459 e. The van der Waals surface area contributed by atoms with Crippen LogP contribution in [0.4, 0.5) is 4.79 Å². The van der Waals surface area contributed by atoms with Crippen LogP contribution >= 0.6 is 0 Å². The monoisotopic (exact) mass is 437 g/mol. The van der Waals surface area contributed by atoms with Crippen LogP contribution in [-0.4, -0.2) is 50.9 Å². The van der Waals surface area contributed by atoms with Crippen molar-refractivity contribution in [1.29, 1.82) is 0 Å². The fraction of sp³-hybridized carbons (Fsp3) is 0.318. The number of nitrogens with one attached hydrogen (secondary N) is 1. The largest absolute Gasteiger partial charge is 0.459 e. The number of hydrogen-bond donors (Lipinski definition) is 1. The molecule has 2 aromatic heterocycles. The van der Waals surface area contributed by atoms with Crippen molar-refractivity contribution in [3.8, 4) is 11.7 Å². The number of hydrogen-bond acceptors (Lipinski definition) is 7. The molecule has 0 bridgehead atoms. The summed E-state index contributed by atoms with van der Waals surface area (Å²) in [5.74, 6) is -0.00963. The van der Waals surface area contributed by atoms with Crippen LogP contribution in [0.1, 0.15) is 31.7 Å². The molecule has 1 aliphatic heterocycles. The van der Waals surface area contributed by atoms with Crippen molar-refractivity contribution in [3.05, 3.63) is 60.2 Å². The van der Waals surface area contributed by atoms with Crippen LogP contribution in [0.5, 0.6) is 0 Å². The molecule has 10 nitrogen and oxygen atoms in total. The molecule has 1 fully saturated rings. The Bertz CT molecular complexity index is 1110. The van der Waals surface area contributed by atoms with Gasteiger partial charge in [0.25, 0.3) is 11.8 Å².